The minimum absolute atomic E-state index is 0.0114. The van der Waals surface area contributed by atoms with Crippen LogP contribution in [0.15, 0.2) is 12.1 Å². The van der Waals surface area contributed by atoms with Crippen molar-refractivity contribution in [3.8, 4) is 0 Å². The van der Waals surface area contributed by atoms with E-state index in [1.807, 2.05) is 6.07 Å². The summed E-state index contributed by atoms with van der Waals surface area (Å²) in [5.74, 6) is 0.679. The van der Waals surface area contributed by atoms with Crippen LogP contribution < -0.4 is 5.32 Å². The number of carbonyl (C=O) groups excluding carboxylic acids is 2. The zero-order chi connectivity index (χ0) is 19.7. The van der Waals surface area contributed by atoms with E-state index in [2.05, 4.69) is 28.1 Å². The standard InChI is InChI=1S/C20H29ClN4O2S/c1-2-15-5-7-20(8-6-15)18(26)25(19(27)22-20)14-24-11-9-23(10-12-24)13-16-3-4-17(21)28-16/h3-4,15H,2,5-14H2,1H3,(H,22,27). The summed E-state index contributed by atoms with van der Waals surface area (Å²) in [6.45, 7) is 7.11. The van der Waals surface area contributed by atoms with Crippen molar-refractivity contribution < 1.29 is 9.59 Å². The van der Waals surface area contributed by atoms with Gasteiger partial charge in [0.25, 0.3) is 5.91 Å². The van der Waals surface area contributed by atoms with Crippen molar-refractivity contribution in [2.24, 2.45) is 5.92 Å². The van der Waals surface area contributed by atoms with Gasteiger partial charge in [-0.2, -0.15) is 0 Å². The van der Waals surface area contributed by atoms with Crippen LogP contribution in [0.5, 0.6) is 0 Å². The fourth-order valence-electron chi connectivity index (χ4n) is 4.67. The molecule has 154 valence electrons. The molecule has 3 amide bonds. The summed E-state index contributed by atoms with van der Waals surface area (Å²) in [6, 6.07) is 3.81. The number of rotatable bonds is 5. The van der Waals surface area contributed by atoms with E-state index in [9.17, 15) is 9.59 Å². The monoisotopic (exact) mass is 424 g/mol. The second kappa shape index (κ2) is 8.30. The number of piperazine rings is 1. The van der Waals surface area contributed by atoms with Gasteiger partial charge in [0.2, 0.25) is 0 Å². The lowest BCUT2D eigenvalue weighted by Gasteiger charge is -2.37. The molecule has 3 heterocycles. The van der Waals surface area contributed by atoms with Crippen LogP contribution in [0.4, 0.5) is 4.79 Å². The quantitative estimate of drug-likeness (QED) is 0.736. The number of carbonyl (C=O) groups is 2. The number of nitrogens with one attached hydrogen (secondary N) is 1. The first-order valence-corrected chi connectivity index (χ1v) is 11.5. The number of hydrogen-bond donors (Lipinski definition) is 1. The number of urea groups is 1. The molecule has 28 heavy (non-hydrogen) atoms. The van der Waals surface area contributed by atoms with Crippen molar-refractivity contribution in [1.82, 2.24) is 20.0 Å². The van der Waals surface area contributed by atoms with Crippen LogP contribution >= 0.6 is 22.9 Å². The summed E-state index contributed by atoms with van der Waals surface area (Å²) in [6.07, 6.45) is 4.78. The van der Waals surface area contributed by atoms with E-state index in [0.29, 0.717) is 12.6 Å². The summed E-state index contributed by atoms with van der Waals surface area (Å²) >= 11 is 7.65. The SMILES string of the molecule is CCC1CCC2(CC1)NC(=O)N(CN1CCN(Cc3ccc(Cl)s3)CC1)C2=O. The molecule has 0 radical (unpaired) electrons. The minimum Gasteiger partial charge on any atom is -0.323 e. The summed E-state index contributed by atoms with van der Waals surface area (Å²) in [4.78, 5) is 32.9. The van der Waals surface area contributed by atoms with Gasteiger partial charge in [-0.25, -0.2) is 9.69 Å². The van der Waals surface area contributed by atoms with Crippen LogP contribution in [0.25, 0.3) is 0 Å². The molecule has 3 aliphatic rings. The normalized spacial score (nSPS) is 29.6. The maximum Gasteiger partial charge on any atom is 0.326 e. The van der Waals surface area contributed by atoms with Crippen molar-refractivity contribution in [3.05, 3.63) is 21.3 Å². The van der Waals surface area contributed by atoms with E-state index in [1.165, 1.54) is 9.78 Å². The zero-order valence-corrected chi connectivity index (χ0v) is 18.0. The molecule has 0 unspecified atom stereocenters. The highest BCUT2D eigenvalue weighted by atomic mass is 35.5. The molecule has 1 aliphatic carbocycles. The molecule has 1 spiro atoms. The van der Waals surface area contributed by atoms with Crippen LogP contribution in [0.2, 0.25) is 4.34 Å². The summed E-state index contributed by atoms with van der Waals surface area (Å²) in [5.41, 5.74) is -0.636. The van der Waals surface area contributed by atoms with Gasteiger partial charge in [-0.05, 0) is 43.7 Å². The lowest BCUT2D eigenvalue weighted by molar-refractivity contribution is -0.134. The van der Waals surface area contributed by atoms with Gasteiger partial charge in [-0.3, -0.25) is 14.6 Å². The Labute approximate surface area is 175 Å². The van der Waals surface area contributed by atoms with Crippen LogP contribution in [0.1, 0.15) is 43.9 Å². The van der Waals surface area contributed by atoms with Crippen molar-refractivity contribution in [2.45, 2.75) is 51.1 Å². The number of halogens is 1. The Morgan fingerprint density at radius 1 is 1.14 bits per heavy atom. The van der Waals surface area contributed by atoms with Crippen molar-refractivity contribution in [3.63, 3.8) is 0 Å². The molecule has 3 fully saturated rings. The first-order chi connectivity index (χ1) is 13.5. The van der Waals surface area contributed by atoms with Gasteiger partial charge < -0.3 is 5.32 Å². The lowest BCUT2D eigenvalue weighted by Crippen LogP contribution is -2.52. The van der Waals surface area contributed by atoms with Gasteiger partial charge >= 0.3 is 6.03 Å². The molecule has 8 heteroatoms. The van der Waals surface area contributed by atoms with Gasteiger partial charge in [-0.1, -0.05) is 24.9 Å². The molecule has 1 aromatic rings. The number of thiophene rings is 1. The predicted molar refractivity (Wildman–Crippen MR) is 111 cm³/mol. The molecule has 1 N–H and O–H groups in total. The second-order valence-electron chi connectivity index (χ2n) is 8.34. The summed E-state index contributed by atoms with van der Waals surface area (Å²) in [5, 5.41) is 3.04. The topological polar surface area (TPSA) is 55.9 Å². The van der Waals surface area contributed by atoms with Crippen molar-refractivity contribution >= 4 is 34.9 Å². The number of imide groups is 1. The highest BCUT2D eigenvalue weighted by Crippen LogP contribution is 2.37. The first kappa shape index (κ1) is 20.1. The molecular weight excluding hydrogens is 396 g/mol. The van der Waals surface area contributed by atoms with E-state index in [-0.39, 0.29) is 11.9 Å². The predicted octanol–water partition coefficient (Wildman–Crippen LogP) is 3.37. The van der Waals surface area contributed by atoms with E-state index >= 15 is 0 Å². The van der Waals surface area contributed by atoms with Crippen LogP contribution in [-0.2, 0) is 11.3 Å². The molecule has 0 bridgehead atoms. The van der Waals surface area contributed by atoms with E-state index < -0.39 is 5.54 Å². The van der Waals surface area contributed by atoms with Crippen LogP contribution in [-0.4, -0.2) is 65.0 Å². The Kier molecular flexibility index (Phi) is 5.97. The van der Waals surface area contributed by atoms with E-state index in [0.717, 1.165) is 69.2 Å². The molecule has 4 rings (SSSR count). The third-order valence-corrected chi connectivity index (χ3v) is 7.81. The molecular formula is C20H29ClN4O2S. The Balaban J connectivity index is 1.29. The fourth-order valence-corrected chi connectivity index (χ4v) is 5.80. The molecule has 1 aromatic heterocycles. The van der Waals surface area contributed by atoms with Gasteiger partial charge in [0, 0.05) is 37.6 Å². The maximum atomic E-state index is 13.1. The molecule has 2 aliphatic heterocycles. The zero-order valence-electron chi connectivity index (χ0n) is 16.5. The second-order valence-corrected chi connectivity index (χ2v) is 10.1. The fraction of sp³-hybridized carbons (Fsp3) is 0.700. The molecule has 6 nitrogen and oxygen atoms in total. The Bertz CT molecular complexity index is 724. The van der Waals surface area contributed by atoms with E-state index in [1.54, 1.807) is 11.3 Å². The average Bonchev–Trinajstić information content (AvgIpc) is 3.20. The largest absolute Gasteiger partial charge is 0.326 e. The molecule has 2 saturated heterocycles. The Morgan fingerprint density at radius 3 is 2.43 bits per heavy atom. The Hall–Kier alpha value is -1.15. The van der Waals surface area contributed by atoms with Crippen LogP contribution in [0, 0.1) is 5.92 Å². The van der Waals surface area contributed by atoms with Crippen molar-refractivity contribution in [1.29, 1.82) is 0 Å². The number of nitrogens with zero attached hydrogens (tertiary/aromatic N) is 3. The van der Waals surface area contributed by atoms with Crippen molar-refractivity contribution in [2.75, 3.05) is 32.8 Å². The lowest BCUT2D eigenvalue weighted by atomic mass is 9.75. The number of amides is 3. The van der Waals surface area contributed by atoms with Gasteiger partial charge in [0.05, 0.1) is 11.0 Å². The smallest absolute Gasteiger partial charge is 0.323 e. The molecule has 0 aromatic carbocycles. The van der Waals surface area contributed by atoms with Gasteiger partial charge in [0.15, 0.2) is 0 Å². The molecule has 1 saturated carbocycles. The average molecular weight is 425 g/mol. The first-order valence-electron chi connectivity index (χ1n) is 10.3. The number of hydrogen-bond acceptors (Lipinski definition) is 5. The van der Waals surface area contributed by atoms with Gasteiger partial charge in [-0.15, -0.1) is 11.3 Å². The van der Waals surface area contributed by atoms with Gasteiger partial charge in [0.1, 0.15) is 5.54 Å². The maximum absolute atomic E-state index is 13.1. The summed E-state index contributed by atoms with van der Waals surface area (Å²) < 4.78 is 0.828. The van der Waals surface area contributed by atoms with Crippen LogP contribution in [0.3, 0.4) is 0 Å². The highest BCUT2D eigenvalue weighted by molar-refractivity contribution is 7.16. The highest BCUT2D eigenvalue weighted by Gasteiger charge is 2.52. The Morgan fingerprint density at radius 2 is 1.82 bits per heavy atom. The summed E-state index contributed by atoms with van der Waals surface area (Å²) in [7, 11) is 0. The molecule has 0 atom stereocenters. The minimum atomic E-state index is -0.636. The third-order valence-electron chi connectivity index (χ3n) is 6.60. The van der Waals surface area contributed by atoms with E-state index in [4.69, 9.17) is 11.6 Å². The third kappa shape index (κ3) is 4.08.